The van der Waals surface area contributed by atoms with Gasteiger partial charge in [-0.1, -0.05) is 51.9 Å². The molecule has 0 aromatic carbocycles. The molecule has 1 aromatic heterocycles. The second-order valence-corrected chi connectivity index (χ2v) is 5.03. The number of pyridine rings is 1. The monoisotopic (exact) mass is 263 g/mol. The van der Waals surface area contributed by atoms with Crippen LogP contribution < -0.4 is 0 Å². The molecule has 0 fully saturated rings. The van der Waals surface area contributed by atoms with Crippen molar-refractivity contribution in [3.8, 4) is 0 Å². The highest BCUT2D eigenvalue weighted by molar-refractivity contribution is 5.88. The third-order valence-corrected chi connectivity index (χ3v) is 3.39. The number of carbonyl (C=O) groups is 1. The third kappa shape index (κ3) is 6.37. The fraction of sp³-hybridized carbons (Fsp3) is 0.625. The number of aryl methyl sites for hydroxylation is 1. The Hall–Kier alpha value is -1.38. The molecule has 3 nitrogen and oxygen atoms in total. The highest BCUT2D eigenvalue weighted by Gasteiger charge is 2.09. The van der Waals surface area contributed by atoms with Gasteiger partial charge in [-0.2, -0.15) is 0 Å². The van der Waals surface area contributed by atoms with Crippen LogP contribution in [0.4, 0.5) is 0 Å². The maximum Gasteiger partial charge on any atom is 0.337 e. The van der Waals surface area contributed by atoms with Crippen LogP contribution in [0.5, 0.6) is 0 Å². The van der Waals surface area contributed by atoms with Gasteiger partial charge in [0.1, 0.15) is 0 Å². The van der Waals surface area contributed by atoms with E-state index in [-0.39, 0.29) is 0 Å². The van der Waals surface area contributed by atoms with Crippen molar-refractivity contribution in [2.75, 3.05) is 0 Å². The van der Waals surface area contributed by atoms with Gasteiger partial charge in [0, 0.05) is 6.20 Å². The fourth-order valence-electron chi connectivity index (χ4n) is 2.26. The van der Waals surface area contributed by atoms with Crippen LogP contribution in [0.15, 0.2) is 18.3 Å². The maximum absolute atomic E-state index is 11.0. The first kappa shape index (κ1) is 15.7. The number of carboxylic acids is 1. The summed E-state index contributed by atoms with van der Waals surface area (Å²) in [7, 11) is 0. The lowest BCUT2D eigenvalue weighted by molar-refractivity contribution is 0.0695. The molecule has 0 aliphatic rings. The van der Waals surface area contributed by atoms with Crippen LogP contribution in [-0.4, -0.2) is 16.1 Å². The Kier molecular flexibility index (Phi) is 7.87. The number of aromatic nitrogens is 1. The molecule has 3 heteroatoms. The van der Waals surface area contributed by atoms with Gasteiger partial charge in [0.25, 0.3) is 0 Å². The first-order valence-corrected chi connectivity index (χ1v) is 7.43. The Bertz CT molecular complexity index is 377. The average Bonchev–Trinajstić information content (AvgIpc) is 2.42. The molecule has 0 aliphatic carbocycles. The lowest BCUT2D eigenvalue weighted by Gasteiger charge is -2.04. The second kappa shape index (κ2) is 9.54. The van der Waals surface area contributed by atoms with Gasteiger partial charge in [0.05, 0.1) is 11.3 Å². The summed E-state index contributed by atoms with van der Waals surface area (Å²) in [6.45, 7) is 2.23. The van der Waals surface area contributed by atoms with E-state index in [4.69, 9.17) is 5.11 Å². The van der Waals surface area contributed by atoms with Crippen molar-refractivity contribution in [1.82, 2.24) is 4.98 Å². The number of hydrogen-bond acceptors (Lipinski definition) is 2. The molecule has 0 amide bonds. The SMILES string of the molecule is CCCCCCCCCCc1ncccc1C(=O)O. The largest absolute Gasteiger partial charge is 0.478 e. The van der Waals surface area contributed by atoms with Crippen molar-refractivity contribution in [3.63, 3.8) is 0 Å². The Balaban J connectivity index is 2.17. The van der Waals surface area contributed by atoms with Crippen molar-refractivity contribution >= 4 is 5.97 Å². The molecular weight excluding hydrogens is 238 g/mol. The topological polar surface area (TPSA) is 50.2 Å². The van der Waals surface area contributed by atoms with E-state index in [0.717, 1.165) is 18.5 Å². The summed E-state index contributed by atoms with van der Waals surface area (Å²) in [5.41, 5.74) is 1.08. The first-order valence-electron chi connectivity index (χ1n) is 7.43. The number of carboxylic acid groups (broad SMARTS) is 1. The van der Waals surface area contributed by atoms with Gasteiger partial charge in [-0.15, -0.1) is 0 Å². The molecule has 0 spiro atoms. The Morgan fingerprint density at radius 2 is 1.74 bits per heavy atom. The highest BCUT2D eigenvalue weighted by Crippen LogP contribution is 2.12. The normalized spacial score (nSPS) is 10.6. The van der Waals surface area contributed by atoms with E-state index in [9.17, 15) is 4.79 Å². The molecule has 0 bridgehead atoms. The second-order valence-electron chi connectivity index (χ2n) is 5.03. The van der Waals surface area contributed by atoms with Crippen LogP contribution in [0.2, 0.25) is 0 Å². The predicted molar refractivity (Wildman–Crippen MR) is 77.5 cm³/mol. The Morgan fingerprint density at radius 1 is 1.11 bits per heavy atom. The van der Waals surface area contributed by atoms with Gasteiger partial charge in [-0.25, -0.2) is 4.79 Å². The van der Waals surface area contributed by atoms with Gasteiger partial charge in [0.15, 0.2) is 0 Å². The Morgan fingerprint density at radius 3 is 2.37 bits per heavy atom. The van der Waals surface area contributed by atoms with Crippen molar-refractivity contribution in [2.45, 2.75) is 64.7 Å². The molecule has 106 valence electrons. The van der Waals surface area contributed by atoms with Crippen molar-refractivity contribution in [3.05, 3.63) is 29.6 Å². The van der Waals surface area contributed by atoms with E-state index in [2.05, 4.69) is 11.9 Å². The average molecular weight is 263 g/mol. The minimum Gasteiger partial charge on any atom is -0.478 e. The first-order chi connectivity index (χ1) is 9.25. The van der Waals surface area contributed by atoms with Crippen molar-refractivity contribution < 1.29 is 9.90 Å². The summed E-state index contributed by atoms with van der Waals surface area (Å²) < 4.78 is 0. The lowest BCUT2D eigenvalue weighted by atomic mass is 10.0. The van der Waals surface area contributed by atoms with Crippen LogP contribution in [0.25, 0.3) is 0 Å². The van der Waals surface area contributed by atoms with Gasteiger partial charge in [-0.3, -0.25) is 4.98 Å². The molecule has 0 atom stereocenters. The molecular formula is C16H25NO2. The maximum atomic E-state index is 11.0. The minimum absolute atomic E-state index is 0.352. The molecule has 19 heavy (non-hydrogen) atoms. The Labute approximate surface area is 116 Å². The van der Waals surface area contributed by atoms with Crippen LogP contribution in [0.3, 0.4) is 0 Å². The van der Waals surface area contributed by atoms with Crippen LogP contribution in [0.1, 0.15) is 74.3 Å². The predicted octanol–water partition coefficient (Wildman–Crippen LogP) is 4.46. The number of unbranched alkanes of at least 4 members (excludes halogenated alkanes) is 7. The zero-order valence-electron chi connectivity index (χ0n) is 11.9. The third-order valence-electron chi connectivity index (χ3n) is 3.39. The number of hydrogen-bond donors (Lipinski definition) is 1. The summed E-state index contributed by atoms with van der Waals surface area (Å²) in [5, 5.41) is 9.05. The molecule has 0 aliphatic heterocycles. The molecule has 0 saturated carbocycles. The van der Waals surface area contributed by atoms with Gasteiger partial charge >= 0.3 is 5.97 Å². The summed E-state index contributed by atoms with van der Waals surface area (Å²) in [5.74, 6) is -0.873. The van der Waals surface area contributed by atoms with E-state index in [0.29, 0.717) is 5.56 Å². The van der Waals surface area contributed by atoms with Crippen LogP contribution in [-0.2, 0) is 6.42 Å². The smallest absolute Gasteiger partial charge is 0.337 e. The standard InChI is InChI=1S/C16H25NO2/c1-2-3-4-5-6-7-8-9-12-15-14(16(18)19)11-10-13-17-15/h10-11,13H,2-9,12H2,1H3,(H,18,19). The summed E-state index contributed by atoms with van der Waals surface area (Å²) in [4.78, 5) is 15.2. The summed E-state index contributed by atoms with van der Waals surface area (Å²) in [6.07, 6.45) is 12.5. The van der Waals surface area contributed by atoms with Crippen LogP contribution >= 0.6 is 0 Å². The molecule has 1 aromatic rings. The minimum atomic E-state index is -0.873. The highest BCUT2D eigenvalue weighted by atomic mass is 16.4. The van der Waals surface area contributed by atoms with E-state index in [1.54, 1.807) is 18.3 Å². The van der Waals surface area contributed by atoms with E-state index in [1.807, 2.05) is 0 Å². The van der Waals surface area contributed by atoms with E-state index >= 15 is 0 Å². The van der Waals surface area contributed by atoms with E-state index in [1.165, 1.54) is 44.9 Å². The van der Waals surface area contributed by atoms with Gasteiger partial charge in [-0.05, 0) is 25.0 Å². The summed E-state index contributed by atoms with van der Waals surface area (Å²) in [6, 6.07) is 3.32. The zero-order chi connectivity index (χ0) is 13.9. The zero-order valence-corrected chi connectivity index (χ0v) is 11.9. The van der Waals surface area contributed by atoms with Gasteiger partial charge < -0.3 is 5.11 Å². The lowest BCUT2D eigenvalue weighted by Crippen LogP contribution is -2.04. The van der Waals surface area contributed by atoms with Crippen LogP contribution in [0, 0.1) is 0 Å². The fourth-order valence-corrected chi connectivity index (χ4v) is 2.26. The number of rotatable bonds is 10. The summed E-state index contributed by atoms with van der Waals surface area (Å²) >= 11 is 0. The molecule has 0 unspecified atom stereocenters. The van der Waals surface area contributed by atoms with Crippen molar-refractivity contribution in [2.24, 2.45) is 0 Å². The van der Waals surface area contributed by atoms with Crippen molar-refractivity contribution in [1.29, 1.82) is 0 Å². The molecule has 0 radical (unpaired) electrons. The quantitative estimate of drug-likeness (QED) is 0.634. The number of nitrogens with zero attached hydrogens (tertiary/aromatic N) is 1. The van der Waals surface area contributed by atoms with E-state index < -0.39 is 5.97 Å². The molecule has 1 rings (SSSR count). The molecule has 1 heterocycles. The van der Waals surface area contributed by atoms with Gasteiger partial charge in [0.2, 0.25) is 0 Å². The molecule has 1 N–H and O–H groups in total. The molecule has 0 saturated heterocycles. The number of aromatic carboxylic acids is 1.